The molecule has 0 radical (unpaired) electrons. The summed E-state index contributed by atoms with van der Waals surface area (Å²) >= 11 is -1.77. The Labute approximate surface area is 128 Å². The maximum atomic E-state index is 6.13. The maximum absolute atomic E-state index is 6.13. The number of rotatable bonds is 5. The minimum atomic E-state index is -1.77. The van der Waals surface area contributed by atoms with Crippen molar-refractivity contribution < 1.29 is 4.74 Å². The van der Waals surface area contributed by atoms with Crippen LogP contribution in [0.4, 0.5) is 0 Å². The van der Waals surface area contributed by atoms with E-state index in [0.29, 0.717) is 18.1 Å². The summed E-state index contributed by atoms with van der Waals surface area (Å²) in [6.45, 7) is 2.23. The number of ether oxygens (including phenoxy) is 1. The molecule has 1 aromatic rings. The van der Waals surface area contributed by atoms with Crippen LogP contribution >= 0.6 is 0 Å². The summed E-state index contributed by atoms with van der Waals surface area (Å²) in [7, 11) is 0. The molecule has 1 aliphatic heterocycles. The first-order valence-corrected chi connectivity index (χ1v) is 18.0. The molecule has 110 valence electrons. The second-order valence-electron chi connectivity index (χ2n) is 7.11. The van der Waals surface area contributed by atoms with Gasteiger partial charge in [0.2, 0.25) is 0 Å². The molecule has 3 atom stereocenters. The van der Waals surface area contributed by atoms with Crippen molar-refractivity contribution in [1.82, 2.24) is 0 Å². The van der Waals surface area contributed by atoms with Crippen LogP contribution in [-0.2, 0) is 11.2 Å². The van der Waals surface area contributed by atoms with Crippen molar-refractivity contribution >= 4 is 18.4 Å². The van der Waals surface area contributed by atoms with Gasteiger partial charge in [0, 0.05) is 0 Å². The Balaban J connectivity index is 1.83. The van der Waals surface area contributed by atoms with E-state index in [1.165, 1.54) is 12.0 Å². The molecule has 0 aliphatic carbocycles. The van der Waals surface area contributed by atoms with Crippen LogP contribution in [-0.4, -0.2) is 30.6 Å². The van der Waals surface area contributed by atoms with E-state index in [4.69, 9.17) is 4.74 Å². The quantitative estimate of drug-likeness (QED) is 0.665. The fourth-order valence-electron chi connectivity index (χ4n) is 2.76. The Morgan fingerprint density at radius 1 is 1.20 bits per heavy atom. The molecule has 2 heteroatoms. The minimum absolute atomic E-state index is 0.390. The molecule has 1 nitrogen and oxygen atoms in total. The van der Waals surface area contributed by atoms with E-state index in [1.807, 2.05) is 0 Å². The molecule has 1 aliphatic rings. The Kier molecular flexibility index (Phi) is 5.73. The fraction of sp³-hybridized carbons (Fsp3) is 0.556. The standard InChI is InChI=1S/C15H19O.3CH3.Sn/c1-3-14-11-15(16-12(14)2)10-9-13-7-5-4-6-8-13;;;;/h1,3-8,12,14-15H,9-11H2,2H3;3*1H3;/t12-,14+,15+;;;;/m1..../s1. The molecule has 0 spiro atoms. The molecule has 1 fully saturated rings. The predicted molar refractivity (Wildman–Crippen MR) is 89.7 cm³/mol. The zero-order valence-electron chi connectivity index (χ0n) is 13.3. The summed E-state index contributed by atoms with van der Waals surface area (Å²) in [5, 5.41) is 0. The van der Waals surface area contributed by atoms with Crippen LogP contribution in [0.5, 0.6) is 0 Å². The SMILES string of the molecule is C[C@H]1O[C@@H](CCc2ccccc2)C[C@@H]1/C=[CH]/[Sn]([CH3])([CH3])[CH3]. The van der Waals surface area contributed by atoms with Crippen LogP contribution in [0, 0.1) is 5.92 Å². The van der Waals surface area contributed by atoms with E-state index in [9.17, 15) is 0 Å². The second kappa shape index (κ2) is 7.13. The van der Waals surface area contributed by atoms with Crippen LogP contribution in [0.15, 0.2) is 40.5 Å². The van der Waals surface area contributed by atoms with E-state index in [1.54, 1.807) is 0 Å². The van der Waals surface area contributed by atoms with Crippen molar-refractivity contribution in [3.05, 3.63) is 46.1 Å². The van der Waals surface area contributed by atoms with Gasteiger partial charge in [-0.3, -0.25) is 0 Å². The van der Waals surface area contributed by atoms with Gasteiger partial charge in [0.05, 0.1) is 0 Å². The predicted octanol–water partition coefficient (Wildman–Crippen LogP) is 4.85. The summed E-state index contributed by atoms with van der Waals surface area (Å²) in [4.78, 5) is 7.37. The summed E-state index contributed by atoms with van der Waals surface area (Å²) in [5.41, 5.74) is 1.42. The molecule has 0 N–H and O–H groups in total. The number of benzene rings is 1. The van der Waals surface area contributed by atoms with Gasteiger partial charge in [-0.2, -0.15) is 0 Å². The van der Waals surface area contributed by atoms with E-state index >= 15 is 0 Å². The van der Waals surface area contributed by atoms with Gasteiger partial charge in [-0.05, 0) is 0 Å². The van der Waals surface area contributed by atoms with Gasteiger partial charge in [0.25, 0.3) is 0 Å². The summed E-state index contributed by atoms with van der Waals surface area (Å²) < 4.78 is 8.67. The molecule has 0 unspecified atom stereocenters. The van der Waals surface area contributed by atoms with Crippen molar-refractivity contribution in [3.8, 4) is 0 Å². The zero-order valence-corrected chi connectivity index (χ0v) is 16.2. The molecule has 0 bridgehead atoms. The van der Waals surface area contributed by atoms with E-state index < -0.39 is 18.4 Å². The number of hydrogen-bond acceptors (Lipinski definition) is 1. The Bertz CT molecular complexity index is 432. The Hall–Kier alpha value is -0.281. The van der Waals surface area contributed by atoms with Crippen LogP contribution in [0.2, 0.25) is 14.8 Å². The third-order valence-electron chi connectivity index (χ3n) is 3.99. The van der Waals surface area contributed by atoms with Gasteiger partial charge >= 0.3 is 128 Å². The number of hydrogen-bond donors (Lipinski definition) is 0. The van der Waals surface area contributed by atoms with Crippen molar-refractivity contribution in [3.63, 3.8) is 0 Å². The number of aryl methyl sites for hydroxylation is 1. The van der Waals surface area contributed by atoms with Crippen LogP contribution < -0.4 is 0 Å². The molecule has 1 saturated heterocycles. The molecular weight excluding hydrogens is 351 g/mol. The molecule has 2 rings (SSSR count). The molecular formula is C18H28OSn. The topological polar surface area (TPSA) is 9.23 Å². The first-order chi connectivity index (χ1) is 9.44. The van der Waals surface area contributed by atoms with Gasteiger partial charge in [-0.1, -0.05) is 0 Å². The van der Waals surface area contributed by atoms with Crippen LogP contribution in [0.25, 0.3) is 0 Å². The normalized spacial score (nSPS) is 27.3. The molecule has 0 amide bonds. The molecule has 1 heterocycles. The van der Waals surface area contributed by atoms with Crippen molar-refractivity contribution in [2.75, 3.05) is 0 Å². The average molecular weight is 379 g/mol. The Morgan fingerprint density at radius 2 is 1.90 bits per heavy atom. The monoisotopic (exact) mass is 380 g/mol. The third kappa shape index (κ3) is 5.25. The summed E-state index contributed by atoms with van der Waals surface area (Å²) in [6.07, 6.45) is 6.77. The van der Waals surface area contributed by atoms with Crippen LogP contribution in [0.1, 0.15) is 25.3 Å². The molecule has 1 aromatic carbocycles. The third-order valence-corrected chi connectivity index (χ3v) is 7.39. The second-order valence-corrected chi connectivity index (χ2v) is 21.6. The van der Waals surface area contributed by atoms with E-state index in [0.717, 1.165) is 12.8 Å². The Morgan fingerprint density at radius 3 is 2.55 bits per heavy atom. The molecule has 20 heavy (non-hydrogen) atoms. The van der Waals surface area contributed by atoms with Gasteiger partial charge in [0.1, 0.15) is 0 Å². The summed E-state index contributed by atoms with van der Waals surface area (Å²) in [6, 6.07) is 10.7. The van der Waals surface area contributed by atoms with Gasteiger partial charge < -0.3 is 0 Å². The van der Waals surface area contributed by atoms with Gasteiger partial charge in [-0.25, -0.2) is 0 Å². The molecule has 0 aromatic heterocycles. The first-order valence-electron chi connectivity index (χ1n) is 7.83. The van der Waals surface area contributed by atoms with Crippen molar-refractivity contribution in [2.45, 2.75) is 53.2 Å². The molecule has 0 saturated carbocycles. The van der Waals surface area contributed by atoms with Gasteiger partial charge in [0.15, 0.2) is 0 Å². The zero-order chi connectivity index (χ0) is 14.6. The van der Waals surface area contributed by atoms with Crippen molar-refractivity contribution in [2.24, 2.45) is 5.92 Å². The van der Waals surface area contributed by atoms with E-state index in [-0.39, 0.29) is 0 Å². The van der Waals surface area contributed by atoms with E-state index in [2.05, 4.69) is 62.2 Å². The summed E-state index contributed by atoms with van der Waals surface area (Å²) in [5.74, 6) is 0.631. The van der Waals surface area contributed by atoms with Crippen LogP contribution in [0.3, 0.4) is 0 Å². The van der Waals surface area contributed by atoms with Gasteiger partial charge in [-0.15, -0.1) is 0 Å². The average Bonchev–Trinajstić information content (AvgIpc) is 2.75. The van der Waals surface area contributed by atoms with Crippen molar-refractivity contribution in [1.29, 1.82) is 0 Å². The fourth-order valence-corrected chi connectivity index (χ4v) is 5.11. The first kappa shape index (κ1) is 16.1.